The molecule has 0 aliphatic rings. The Morgan fingerprint density at radius 1 is 1.25 bits per heavy atom. The number of aromatic nitrogens is 2. The molecule has 0 bridgehead atoms. The molecule has 0 atom stereocenters. The minimum atomic E-state index is -0.503. The summed E-state index contributed by atoms with van der Waals surface area (Å²) in [5.41, 5.74) is 0.844. The second kappa shape index (κ2) is 11.3. The number of carbonyl (C=O) groups is 2. The van der Waals surface area contributed by atoms with E-state index in [-0.39, 0.29) is 23.3 Å². The quantitative estimate of drug-likeness (QED) is 0.206. The molecule has 32 heavy (non-hydrogen) atoms. The Kier molecular flexibility index (Phi) is 8.43. The number of fused-ring (bicyclic) bond motifs is 1. The summed E-state index contributed by atoms with van der Waals surface area (Å²) in [4.78, 5) is 42.3. The van der Waals surface area contributed by atoms with E-state index in [1.807, 2.05) is 19.9 Å². The van der Waals surface area contributed by atoms with E-state index in [9.17, 15) is 14.4 Å². The molecule has 170 valence electrons. The fraction of sp³-hybridized carbons (Fsp3) is 0.364. The van der Waals surface area contributed by atoms with Crippen LogP contribution in [-0.4, -0.2) is 47.0 Å². The van der Waals surface area contributed by atoms with Crippen molar-refractivity contribution in [1.82, 2.24) is 9.55 Å². The van der Waals surface area contributed by atoms with Gasteiger partial charge in [0, 0.05) is 13.2 Å². The Balaban J connectivity index is 1.76. The standard InChI is InChI=1S/C22H25N3O5S2/c1-14(2)30-11-6-10-25-20(27)15-7-4-5-8-16(15)24-22(25)32-13-18(26)23-17-9-12-31-19(17)21(28)29-3/h4-5,7-9,12,14H,6,10-11,13H2,1-3H3,(H,23,26). The topological polar surface area (TPSA) is 99.5 Å². The molecule has 1 N–H and O–H groups in total. The highest BCUT2D eigenvalue weighted by molar-refractivity contribution is 7.99. The summed E-state index contributed by atoms with van der Waals surface area (Å²) >= 11 is 2.37. The molecule has 0 saturated carbocycles. The summed E-state index contributed by atoms with van der Waals surface area (Å²) in [6, 6.07) is 8.80. The number of hydrogen-bond donors (Lipinski definition) is 1. The Hall–Kier alpha value is -2.69. The van der Waals surface area contributed by atoms with Gasteiger partial charge in [-0.3, -0.25) is 14.2 Å². The van der Waals surface area contributed by atoms with Crippen LogP contribution in [0.1, 0.15) is 29.9 Å². The van der Waals surface area contributed by atoms with E-state index < -0.39 is 5.97 Å². The summed E-state index contributed by atoms with van der Waals surface area (Å²) in [6.07, 6.45) is 0.765. The van der Waals surface area contributed by atoms with Crippen LogP contribution in [0.3, 0.4) is 0 Å². The van der Waals surface area contributed by atoms with Gasteiger partial charge in [0.05, 0.1) is 35.6 Å². The lowest BCUT2D eigenvalue weighted by Gasteiger charge is -2.14. The monoisotopic (exact) mass is 475 g/mol. The molecular weight excluding hydrogens is 450 g/mol. The summed E-state index contributed by atoms with van der Waals surface area (Å²) < 4.78 is 11.9. The summed E-state index contributed by atoms with van der Waals surface area (Å²) in [5.74, 6) is -0.781. The highest BCUT2D eigenvalue weighted by atomic mass is 32.2. The third-order valence-corrected chi connectivity index (χ3v) is 6.32. The zero-order valence-electron chi connectivity index (χ0n) is 18.1. The average molecular weight is 476 g/mol. The zero-order valence-corrected chi connectivity index (χ0v) is 19.8. The van der Waals surface area contributed by atoms with Gasteiger partial charge in [-0.25, -0.2) is 9.78 Å². The van der Waals surface area contributed by atoms with Crippen LogP contribution in [0.15, 0.2) is 45.7 Å². The van der Waals surface area contributed by atoms with E-state index in [2.05, 4.69) is 10.3 Å². The SMILES string of the molecule is COC(=O)c1sccc1NC(=O)CSc1nc2ccccc2c(=O)n1CCCOC(C)C. The lowest BCUT2D eigenvalue weighted by atomic mass is 10.2. The number of amides is 1. The van der Waals surface area contributed by atoms with Crippen LogP contribution in [0.5, 0.6) is 0 Å². The number of nitrogens with one attached hydrogen (secondary N) is 1. The normalized spacial score (nSPS) is 11.1. The maximum Gasteiger partial charge on any atom is 0.350 e. The first kappa shape index (κ1) is 24.0. The van der Waals surface area contributed by atoms with Crippen LogP contribution in [0.2, 0.25) is 0 Å². The molecule has 2 aromatic heterocycles. The summed E-state index contributed by atoms with van der Waals surface area (Å²) in [7, 11) is 1.29. The Morgan fingerprint density at radius 3 is 2.78 bits per heavy atom. The highest BCUT2D eigenvalue weighted by Gasteiger charge is 2.17. The van der Waals surface area contributed by atoms with Gasteiger partial charge in [-0.1, -0.05) is 23.9 Å². The third kappa shape index (κ3) is 5.96. The molecule has 10 heteroatoms. The van der Waals surface area contributed by atoms with Gasteiger partial charge in [-0.2, -0.15) is 0 Å². The van der Waals surface area contributed by atoms with Crippen molar-refractivity contribution in [2.24, 2.45) is 0 Å². The molecule has 0 aliphatic heterocycles. The first-order chi connectivity index (χ1) is 15.4. The second-order valence-electron chi connectivity index (χ2n) is 7.13. The van der Waals surface area contributed by atoms with Crippen molar-refractivity contribution < 1.29 is 19.1 Å². The Bertz CT molecular complexity index is 1160. The number of hydrogen-bond acceptors (Lipinski definition) is 8. The lowest BCUT2D eigenvalue weighted by Crippen LogP contribution is -2.25. The van der Waals surface area contributed by atoms with Crippen LogP contribution in [0, 0.1) is 0 Å². The molecule has 0 saturated heterocycles. The molecule has 3 aromatic rings. The highest BCUT2D eigenvalue weighted by Crippen LogP contribution is 2.24. The largest absolute Gasteiger partial charge is 0.465 e. The number of methoxy groups -OCH3 is 1. The third-order valence-electron chi connectivity index (χ3n) is 4.45. The number of rotatable bonds is 10. The predicted molar refractivity (Wildman–Crippen MR) is 127 cm³/mol. The van der Waals surface area contributed by atoms with Crippen LogP contribution in [-0.2, 0) is 20.8 Å². The van der Waals surface area contributed by atoms with Gasteiger partial charge >= 0.3 is 5.97 Å². The molecule has 8 nitrogen and oxygen atoms in total. The van der Waals surface area contributed by atoms with Crippen molar-refractivity contribution >= 4 is 51.6 Å². The second-order valence-corrected chi connectivity index (χ2v) is 8.99. The van der Waals surface area contributed by atoms with E-state index in [0.29, 0.717) is 46.2 Å². The van der Waals surface area contributed by atoms with Crippen LogP contribution in [0.25, 0.3) is 10.9 Å². The van der Waals surface area contributed by atoms with Crippen molar-refractivity contribution in [3.63, 3.8) is 0 Å². The number of esters is 1. The first-order valence-electron chi connectivity index (χ1n) is 10.1. The molecule has 0 spiro atoms. The van der Waals surface area contributed by atoms with E-state index in [4.69, 9.17) is 9.47 Å². The van der Waals surface area contributed by atoms with Crippen LogP contribution >= 0.6 is 23.1 Å². The van der Waals surface area contributed by atoms with Gasteiger partial charge in [0.15, 0.2) is 5.16 Å². The van der Waals surface area contributed by atoms with Crippen molar-refractivity contribution in [3.05, 3.63) is 50.9 Å². The smallest absolute Gasteiger partial charge is 0.350 e. The number of benzene rings is 1. The molecular formula is C22H25N3O5S2. The van der Waals surface area contributed by atoms with E-state index in [0.717, 1.165) is 0 Å². The number of anilines is 1. The van der Waals surface area contributed by atoms with Crippen molar-refractivity contribution in [3.8, 4) is 0 Å². The fourth-order valence-electron chi connectivity index (χ4n) is 2.97. The maximum atomic E-state index is 13.0. The van der Waals surface area contributed by atoms with Gasteiger partial charge in [0.25, 0.3) is 5.56 Å². The number of ether oxygens (including phenoxy) is 2. The van der Waals surface area contributed by atoms with Crippen LogP contribution in [0.4, 0.5) is 5.69 Å². The van der Waals surface area contributed by atoms with E-state index in [1.165, 1.54) is 30.2 Å². The number of nitrogens with zero attached hydrogens (tertiary/aromatic N) is 2. The Labute approximate surface area is 193 Å². The average Bonchev–Trinajstić information content (AvgIpc) is 3.24. The van der Waals surface area contributed by atoms with Crippen LogP contribution < -0.4 is 10.9 Å². The Morgan fingerprint density at radius 2 is 2.03 bits per heavy atom. The maximum absolute atomic E-state index is 13.0. The van der Waals surface area contributed by atoms with E-state index in [1.54, 1.807) is 34.2 Å². The van der Waals surface area contributed by atoms with Gasteiger partial charge in [-0.15, -0.1) is 11.3 Å². The minimum Gasteiger partial charge on any atom is -0.465 e. The molecule has 1 aromatic carbocycles. The van der Waals surface area contributed by atoms with Gasteiger partial charge in [0.1, 0.15) is 4.88 Å². The predicted octanol–water partition coefficient (Wildman–Crippen LogP) is 3.79. The molecule has 3 rings (SSSR count). The van der Waals surface area contributed by atoms with Crippen molar-refractivity contribution in [2.75, 3.05) is 24.8 Å². The first-order valence-corrected chi connectivity index (χ1v) is 12.0. The number of thiophene rings is 1. The van der Waals surface area contributed by atoms with Crippen molar-refractivity contribution in [1.29, 1.82) is 0 Å². The minimum absolute atomic E-state index is 0.0315. The van der Waals surface area contributed by atoms with Crippen molar-refractivity contribution in [2.45, 2.75) is 38.1 Å². The fourth-order valence-corrected chi connectivity index (χ4v) is 4.56. The molecule has 0 aliphatic carbocycles. The molecule has 0 radical (unpaired) electrons. The molecule has 0 fully saturated rings. The number of para-hydroxylation sites is 1. The molecule has 2 heterocycles. The van der Waals surface area contributed by atoms with Gasteiger partial charge in [0.2, 0.25) is 5.91 Å². The molecule has 1 amide bonds. The lowest BCUT2D eigenvalue weighted by molar-refractivity contribution is -0.113. The zero-order chi connectivity index (χ0) is 23.1. The number of carbonyl (C=O) groups excluding carboxylic acids is 2. The van der Waals surface area contributed by atoms with Gasteiger partial charge < -0.3 is 14.8 Å². The van der Waals surface area contributed by atoms with Gasteiger partial charge in [-0.05, 0) is 43.8 Å². The summed E-state index contributed by atoms with van der Waals surface area (Å²) in [5, 5.41) is 5.43. The van der Waals surface area contributed by atoms with E-state index >= 15 is 0 Å². The number of thioether (sulfide) groups is 1. The summed E-state index contributed by atoms with van der Waals surface area (Å²) in [6.45, 7) is 4.88. The molecule has 0 unspecified atom stereocenters.